The molecule has 0 fully saturated rings. The Bertz CT molecular complexity index is 667. The van der Waals surface area contributed by atoms with E-state index in [0.29, 0.717) is 0 Å². The van der Waals surface area contributed by atoms with Gasteiger partial charge in [0, 0.05) is 17.8 Å². The Kier molecular flexibility index (Phi) is 4.42. The van der Waals surface area contributed by atoms with Gasteiger partial charge in [-0.3, -0.25) is 0 Å². The zero-order chi connectivity index (χ0) is 15.6. The van der Waals surface area contributed by atoms with Crippen LogP contribution in [0.4, 0.5) is 34.6 Å². The first-order valence-electron chi connectivity index (χ1n) is 5.62. The molecule has 0 atom stereocenters. The molecule has 2 aromatic carbocycles. The molecule has 0 aliphatic carbocycles. The first kappa shape index (κ1) is 15.2. The van der Waals surface area contributed by atoms with Crippen LogP contribution in [0.2, 0.25) is 5.02 Å². The zero-order valence-corrected chi connectivity index (χ0v) is 11.1. The van der Waals surface area contributed by atoms with Gasteiger partial charge in [-0.25, -0.2) is 8.78 Å². The number of rotatable bonds is 4. The van der Waals surface area contributed by atoms with Gasteiger partial charge in [0.1, 0.15) is 5.82 Å². The standard InChI is InChI=1S/C13H9ClF4N2O/c14-7-2-1-6(3-8(7)15)20-11-5-12(21-13(17)18)9(16)4-10(11)19/h1-5,13,20H,19H2. The highest BCUT2D eigenvalue weighted by molar-refractivity contribution is 6.30. The van der Waals surface area contributed by atoms with E-state index in [9.17, 15) is 17.6 Å². The lowest BCUT2D eigenvalue weighted by Crippen LogP contribution is -2.05. The number of hydrogen-bond acceptors (Lipinski definition) is 3. The van der Waals surface area contributed by atoms with E-state index in [2.05, 4.69) is 10.1 Å². The third-order valence-electron chi connectivity index (χ3n) is 2.52. The highest BCUT2D eigenvalue weighted by Crippen LogP contribution is 2.32. The average Bonchev–Trinajstić information content (AvgIpc) is 2.39. The molecule has 0 spiro atoms. The molecule has 8 heteroatoms. The van der Waals surface area contributed by atoms with E-state index in [1.165, 1.54) is 12.1 Å². The van der Waals surface area contributed by atoms with E-state index in [0.717, 1.165) is 18.2 Å². The summed E-state index contributed by atoms with van der Waals surface area (Å²) in [4.78, 5) is 0. The molecule has 0 saturated carbocycles. The maximum Gasteiger partial charge on any atom is 0.387 e. The third kappa shape index (κ3) is 3.69. The van der Waals surface area contributed by atoms with Crippen molar-refractivity contribution < 1.29 is 22.3 Å². The number of alkyl halides is 2. The lowest BCUT2D eigenvalue weighted by molar-refractivity contribution is -0.0521. The van der Waals surface area contributed by atoms with Gasteiger partial charge in [-0.05, 0) is 18.2 Å². The minimum atomic E-state index is -3.18. The molecule has 3 N–H and O–H groups in total. The normalized spacial score (nSPS) is 10.8. The van der Waals surface area contributed by atoms with Gasteiger partial charge < -0.3 is 15.8 Å². The Balaban J connectivity index is 2.32. The van der Waals surface area contributed by atoms with E-state index in [1.807, 2.05) is 0 Å². The van der Waals surface area contributed by atoms with Gasteiger partial charge in [0.15, 0.2) is 11.6 Å². The van der Waals surface area contributed by atoms with Gasteiger partial charge in [0.2, 0.25) is 0 Å². The summed E-state index contributed by atoms with van der Waals surface area (Å²) in [7, 11) is 0. The van der Waals surface area contributed by atoms with Crippen molar-refractivity contribution in [1.82, 2.24) is 0 Å². The number of nitrogens with one attached hydrogen (secondary N) is 1. The van der Waals surface area contributed by atoms with Crippen LogP contribution in [0.15, 0.2) is 30.3 Å². The van der Waals surface area contributed by atoms with Gasteiger partial charge in [0.05, 0.1) is 16.4 Å². The smallest absolute Gasteiger partial charge is 0.387 e. The van der Waals surface area contributed by atoms with Gasteiger partial charge >= 0.3 is 6.61 Å². The lowest BCUT2D eigenvalue weighted by Gasteiger charge is -2.13. The fourth-order valence-corrected chi connectivity index (χ4v) is 1.71. The molecule has 0 unspecified atom stereocenters. The SMILES string of the molecule is Nc1cc(F)c(OC(F)F)cc1Nc1ccc(Cl)c(F)c1. The van der Waals surface area contributed by atoms with E-state index in [4.69, 9.17) is 17.3 Å². The van der Waals surface area contributed by atoms with Crippen molar-refractivity contribution in [1.29, 1.82) is 0 Å². The maximum atomic E-state index is 13.4. The van der Waals surface area contributed by atoms with Crippen molar-refractivity contribution in [3.63, 3.8) is 0 Å². The fourth-order valence-electron chi connectivity index (χ4n) is 1.59. The third-order valence-corrected chi connectivity index (χ3v) is 2.83. The molecule has 0 aliphatic rings. The van der Waals surface area contributed by atoms with Crippen LogP contribution in [0.1, 0.15) is 0 Å². The lowest BCUT2D eigenvalue weighted by atomic mass is 10.2. The molecule has 3 nitrogen and oxygen atoms in total. The van der Waals surface area contributed by atoms with Crippen LogP contribution in [0.5, 0.6) is 5.75 Å². The largest absolute Gasteiger partial charge is 0.432 e. The van der Waals surface area contributed by atoms with Gasteiger partial charge in [0.25, 0.3) is 0 Å². The molecule has 0 radical (unpaired) electrons. The van der Waals surface area contributed by atoms with Gasteiger partial charge in [-0.2, -0.15) is 8.78 Å². The van der Waals surface area contributed by atoms with Crippen molar-refractivity contribution in [2.75, 3.05) is 11.1 Å². The number of ether oxygens (including phenoxy) is 1. The molecule has 0 heterocycles. The highest BCUT2D eigenvalue weighted by atomic mass is 35.5. The predicted octanol–water partition coefficient (Wildman–Crippen LogP) is 4.55. The van der Waals surface area contributed by atoms with Crippen LogP contribution in [-0.4, -0.2) is 6.61 Å². The number of halogens is 5. The Morgan fingerprint density at radius 3 is 2.43 bits per heavy atom. The zero-order valence-electron chi connectivity index (χ0n) is 10.3. The summed E-state index contributed by atoms with van der Waals surface area (Å²) in [6, 6.07) is 5.62. The van der Waals surface area contributed by atoms with Crippen molar-refractivity contribution in [3.8, 4) is 5.75 Å². The molecular weight excluding hydrogens is 312 g/mol. The second-order valence-electron chi connectivity index (χ2n) is 4.00. The van der Waals surface area contributed by atoms with Crippen molar-refractivity contribution in [3.05, 3.63) is 47.0 Å². The van der Waals surface area contributed by atoms with Crippen LogP contribution in [0.25, 0.3) is 0 Å². The number of nitrogens with two attached hydrogens (primary N) is 1. The second-order valence-corrected chi connectivity index (χ2v) is 4.41. The Morgan fingerprint density at radius 1 is 1.10 bits per heavy atom. The summed E-state index contributed by atoms with van der Waals surface area (Å²) >= 11 is 5.54. The number of anilines is 3. The molecule has 0 aromatic heterocycles. The summed E-state index contributed by atoms with van der Waals surface area (Å²) in [5.41, 5.74) is 5.87. The summed E-state index contributed by atoms with van der Waals surface area (Å²) in [5, 5.41) is 2.59. The topological polar surface area (TPSA) is 47.3 Å². The molecule has 21 heavy (non-hydrogen) atoms. The first-order valence-corrected chi connectivity index (χ1v) is 6.00. The average molecular weight is 321 g/mol. The summed E-state index contributed by atoms with van der Waals surface area (Å²) in [6.07, 6.45) is 0. The summed E-state index contributed by atoms with van der Waals surface area (Å²) in [5.74, 6) is -2.37. The summed E-state index contributed by atoms with van der Waals surface area (Å²) in [6.45, 7) is -3.18. The van der Waals surface area contributed by atoms with Crippen molar-refractivity contribution >= 4 is 28.7 Å². The maximum absolute atomic E-state index is 13.4. The first-order chi connectivity index (χ1) is 9.86. The molecule has 0 saturated heterocycles. The van der Waals surface area contributed by atoms with Gasteiger partial charge in [-0.1, -0.05) is 11.6 Å². The van der Waals surface area contributed by atoms with Crippen LogP contribution in [-0.2, 0) is 0 Å². The van der Waals surface area contributed by atoms with Crippen molar-refractivity contribution in [2.45, 2.75) is 6.61 Å². The number of hydrogen-bond donors (Lipinski definition) is 2. The molecule has 0 aliphatic heterocycles. The molecule has 0 amide bonds. The van der Waals surface area contributed by atoms with E-state index >= 15 is 0 Å². The molecular formula is C13H9ClF4N2O. The Hall–Kier alpha value is -2.15. The number of benzene rings is 2. The van der Waals surface area contributed by atoms with E-state index in [-0.39, 0.29) is 22.1 Å². The predicted molar refractivity (Wildman–Crippen MR) is 72.1 cm³/mol. The number of nitrogen functional groups attached to an aromatic ring is 1. The minimum absolute atomic E-state index is 0.0514. The highest BCUT2D eigenvalue weighted by Gasteiger charge is 2.14. The quantitative estimate of drug-likeness (QED) is 0.642. The monoisotopic (exact) mass is 320 g/mol. The van der Waals surface area contributed by atoms with E-state index in [1.54, 1.807) is 0 Å². The molecule has 2 rings (SSSR count). The van der Waals surface area contributed by atoms with Crippen LogP contribution in [0.3, 0.4) is 0 Å². The minimum Gasteiger partial charge on any atom is -0.432 e. The van der Waals surface area contributed by atoms with Crippen LogP contribution < -0.4 is 15.8 Å². The van der Waals surface area contributed by atoms with Gasteiger partial charge in [-0.15, -0.1) is 0 Å². The van der Waals surface area contributed by atoms with Crippen LogP contribution >= 0.6 is 11.6 Å². The molecule has 0 bridgehead atoms. The van der Waals surface area contributed by atoms with Crippen LogP contribution in [0, 0.1) is 11.6 Å². The second kappa shape index (κ2) is 6.09. The Labute approximate surface area is 122 Å². The summed E-state index contributed by atoms with van der Waals surface area (Å²) < 4.78 is 55.0. The Morgan fingerprint density at radius 2 is 1.81 bits per heavy atom. The molecule has 112 valence electrons. The fraction of sp³-hybridized carbons (Fsp3) is 0.0769. The van der Waals surface area contributed by atoms with Crippen molar-refractivity contribution in [2.24, 2.45) is 0 Å². The molecule has 2 aromatic rings. The van der Waals surface area contributed by atoms with E-state index < -0.39 is 24.0 Å².